The van der Waals surface area contributed by atoms with Crippen molar-refractivity contribution in [2.24, 2.45) is 22.2 Å². The lowest BCUT2D eigenvalue weighted by atomic mass is 9.71. The number of hydrogen-bond acceptors (Lipinski definition) is 2. The van der Waals surface area contributed by atoms with E-state index in [0.717, 1.165) is 37.3 Å². The van der Waals surface area contributed by atoms with Crippen LogP contribution in [0.5, 0.6) is 0 Å². The second-order valence-corrected chi connectivity index (χ2v) is 6.53. The summed E-state index contributed by atoms with van der Waals surface area (Å²) >= 11 is 0. The molecule has 2 aliphatic rings. The molecule has 0 aromatic heterocycles. The smallest absolute Gasteiger partial charge is 0.189 e. The lowest BCUT2D eigenvalue weighted by Crippen LogP contribution is -2.32. The average Bonchev–Trinajstić information content (AvgIpc) is 2.94. The van der Waals surface area contributed by atoms with E-state index in [-0.39, 0.29) is 5.41 Å². The van der Waals surface area contributed by atoms with Gasteiger partial charge in [-0.2, -0.15) is 0 Å². The normalized spacial score (nSPS) is 26.3. The van der Waals surface area contributed by atoms with Crippen LogP contribution in [-0.2, 0) is 4.74 Å². The summed E-state index contributed by atoms with van der Waals surface area (Å²) in [5.74, 6) is 2.78. The lowest BCUT2D eigenvalue weighted by molar-refractivity contribution is 0.186. The Bertz CT molecular complexity index is 293. The van der Waals surface area contributed by atoms with Crippen molar-refractivity contribution in [2.75, 3.05) is 13.2 Å². The highest BCUT2D eigenvalue weighted by Gasteiger charge is 2.36. The molecule has 0 aromatic carbocycles. The van der Waals surface area contributed by atoms with Gasteiger partial charge < -0.3 is 4.74 Å². The summed E-state index contributed by atoms with van der Waals surface area (Å²) in [7, 11) is 0. The summed E-state index contributed by atoms with van der Waals surface area (Å²) in [6.45, 7) is 8.72. The minimum absolute atomic E-state index is 0.174. The SMILES string of the molecule is CCC(C)(CC(C)C1CCCCC1)C1=NCCO1. The summed E-state index contributed by atoms with van der Waals surface area (Å²) in [5, 5.41) is 0. The van der Waals surface area contributed by atoms with Gasteiger partial charge in [-0.25, -0.2) is 0 Å². The molecule has 0 saturated heterocycles. The second kappa shape index (κ2) is 6.08. The van der Waals surface area contributed by atoms with Crippen molar-refractivity contribution in [3.63, 3.8) is 0 Å². The van der Waals surface area contributed by atoms with Crippen molar-refractivity contribution >= 4 is 5.90 Å². The van der Waals surface area contributed by atoms with Crippen molar-refractivity contribution in [2.45, 2.75) is 65.7 Å². The maximum absolute atomic E-state index is 5.75. The fraction of sp³-hybridized carbons (Fsp3) is 0.938. The van der Waals surface area contributed by atoms with E-state index in [1.165, 1.54) is 38.5 Å². The summed E-state index contributed by atoms with van der Waals surface area (Å²) < 4.78 is 5.75. The highest BCUT2D eigenvalue weighted by Crippen LogP contribution is 2.39. The molecule has 0 aromatic rings. The van der Waals surface area contributed by atoms with Crippen LogP contribution in [0.3, 0.4) is 0 Å². The maximum Gasteiger partial charge on any atom is 0.189 e. The number of hydrogen-bond donors (Lipinski definition) is 0. The summed E-state index contributed by atoms with van der Waals surface area (Å²) in [6.07, 6.45) is 9.59. The molecule has 0 bridgehead atoms. The third kappa shape index (κ3) is 3.07. The van der Waals surface area contributed by atoms with Crippen LogP contribution in [0.2, 0.25) is 0 Å². The van der Waals surface area contributed by atoms with Crippen LogP contribution in [0.15, 0.2) is 4.99 Å². The molecule has 2 rings (SSSR count). The first kappa shape index (κ1) is 13.9. The zero-order valence-electron chi connectivity index (χ0n) is 12.4. The molecule has 2 nitrogen and oxygen atoms in total. The molecule has 1 heterocycles. The van der Waals surface area contributed by atoms with E-state index in [2.05, 4.69) is 25.8 Å². The standard InChI is InChI=1S/C16H29NO/c1-4-16(3,15-17-10-11-18-15)12-13(2)14-8-6-5-7-9-14/h13-14H,4-12H2,1-3H3. The molecule has 2 atom stereocenters. The Morgan fingerprint density at radius 3 is 2.61 bits per heavy atom. The van der Waals surface area contributed by atoms with Crippen LogP contribution in [0.25, 0.3) is 0 Å². The van der Waals surface area contributed by atoms with Gasteiger partial charge in [-0.15, -0.1) is 0 Å². The Morgan fingerprint density at radius 1 is 1.33 bits per heavy atom. The van der Waals surface area contributed by atoms with Crippen molar-refractivity contribution in [3.05, 3.63) is 0 Å². The van der Waals surface area contributed by atoms with E-state index in [9.17, 15) is 0 Å². The van der Waals surface area contributed by atoms with Crippen molar-refractivity contribution < 1.29 is 4.74 Å². The van der Waals surface area contributed by atoms with Crippen LogP contribution >= 0.6 is 0 Å². The van der Waals surface area contributed by atoms with Crippen molar-refractivity contribution in [1.82, 2.24) is 0 Å². The Kier molecular flexibility index (Phi) is 4.69. The average molecular weight is 251 g/mol. The van der Waals surface area contributed by atoms with E-state index in [1.807, 2.05) is 0 Å². The van der Waals surface area contributed by atoms with E-state index in [1.54, 1.807) is 0 Å². The minimum atomic E-state index is 0.174. The molecule has 104 valence electrons. The molecule has 18 heavy (non-hydrogen) atoms. The Morgan fingerprint density at radius 2 is 2.06 bits per heavy atom. The summed E-state index contributed by atoms with van der Waals surface area (Å²) in [5.41, 5.74) is 0.174. The van der Waals surface area contributed by atoms with Gasteiger partial charge in [-0.3, -0.25) is 4.99 Å². The molecule has 1 fully saturated rings. The molecule has 0 N–H and O–H groups in total. The van der Waals surface area contributed by atoms with Gasteiger partial charge in [-0.1, -0.05) is 52.9 Å². The fourth-order valence-electron chi connectivity index (χ4n) is 3.66. The number of nitrogens with zero attached hydrogens (tertiary/aromatic N) is 1. The predicted octanol–water partition coefficient (Wildman–Crippen LogP) is 4.44. The van der Waals surface area contributed by atoms with Crippen molar-refractivity contribution in [3.8, 4) is 0 Å². The quantitative estimate of drug-likeness (QED) is 0.708. The number of ether oxygens (including phenoxy) is 1. The van der Waals surface area contributed by atoms with E-state index < -0.39 is 0 Å². The zero-order chi connectivity index (χ0) is 13.0. The second-order valence-electron chi connectivity index (χ2n) is 6.53. The summed E-state index contributed by atoms with van der Waals surface area (Å²) in [4.78, 5) is 4.57. The minimum Gasteiger partial charge on any atom is -0.479 e. The third-order valence-electron chi connectivity index (χ3n) is 5.11. The molecule has 0 spiro atoms. The van der Waals surface area contributed by atoms with Crippen LogP contribution in [0.4, 0.5) is 0 Å². The third-order valence-corrected chi connectivity index (χ3v) is 5.11. The van der Waals surface area contributed by atoms with E-state index >= 15 is 0 Å². The van der Waals surface area contributed by atoms with Crippen LogP contribution in [-0.4, -0.2) is 19.0 Å². The van der Waals surface area contributed by atoms with Gasteiger partial charge in [0, 0.05) is 5.41 Å². The zero-order valence-corrected chi connectivity index (χ0v) is 12.4. The topological polar surface area (TPSA) is 21.6 Å². The monoisotopic (exact) mass is 251 g/mol. The maximum atomic E-state index is 5.75. The first-order valence-corrected chi connectivity index (χ1v) is 7.83. The summed E-state index contributed by atoms with van der Waals surface area (Å²) in [6, 6.07) is 0. The number of rotatable bonds is 5. The van der Waals surface area contributed by atoms with Crippen LogP contribution in [0.1, 0.15) is 65.7 Å². The highest BCUT2D eigenvalue weighted by molar-refractivity contribution is 5.83. The van der Waals surface area contributed by atoms with Gasteiger partial charge >= 0.3 is 0 Å². The van der Waals surface area contributed by atoms with Crippen LogP contribution in [0, 0.1) is 17.3 Å². The van der Waals surface area contributed by atoms with Crippen molar-refractivity contribution in [1.29, 1.82) is 0 Å². The highest BCUT2D eigenvalue weighted by atomic mass is 16.5. The molecular formula is C16H29NO. The predicted molar refractivity (Wildman–Crippen MR) is 77.0 cm³/mol. The van der Waals surface area contributed by atoms with Gasteiger partial charge in [0.1, 0.15) is 6.61 Å². The molecule has 2 heteroatoms. The van der Waals surface area contributed by atoms with Gasteiger partial charge in [0.05, 0.1) is 6.54 Å². The first-order chi connectivity index (χ1) is 8.65. The molecule has 2 unspecified atom stereocenters. The van der Waals surface area contributed by atoms with Gasteiger partial charge in [0.25, 0.3) is 0 Å². The molecular weight excluding hydrogens is 222 g/mol. The van der Waals surface area contributed by atoms with Gasteiger partial charge in [0.2, 0.25) is 0 Å². The molecule has 0 radical (unpaired) electrons. The van der Waals surface area contributed by atoms with Crippen LogP contribution < -0.4 is 0 Å². The molecule has 0 amide bonds. The Hall–Kier alpha value is -0.530. The Balaban J connectivity index is 1.96. The largest absolute Gasteiger partial charge is 0.479 e. The molecule has 1 saturated carbocycles. The molecule has 1 aliphatic heterocycles. The van der Waals surface area contributed by atoms with E-state index in [0.29, 0.717) is 0 Å². The van der Waals surface area contributed by atoms with Gasteiger partial charge in [-0.05, 0) is 24.7 Å². The van der Waals surface area contributed by atoms with E-state index in [4.69, 9.17) is 4.74 Å². The number of aliphatic imine (C=N–C) groups is 1. The first-order valence-electron chi connectivity index (χ1n) is 7.83. The van der Waals surface area contributed by atoms with Gasteiger partial charge in [0.15, 0.2) is 5.90 Å². The molecule has 1 aliphatic carbocycles. The Labute approximate surface area is 112 Å². The fourth-order valence-corrected chi connectivity index (χ4v) is 3.66. The lowest BCUT2D eigenvalue weighted by Gasteiger charge is -2.35.